The maximum Gasteiger partial charge on any atom is 0.317 e. The lowest BCUT2D eigenvalue weighted by Crippen LogP contribution is -2.52. The van der Waals surface area contributed by atoms with Crippen molar-refractivity contribution in [3.63, 3.8) is 0 Å². The zero-order chi connectivity index (χ0) is 15.0. The molecule has 112 valence electrons. The summed E-state index contributed by atoms with van der Waals surface area (Å²) in [6.07, 6.45) is 0. The van der Waals surface area contributed by atoms with Crippen LogP contribution in [-0.2, 0) is 0 Å². The number of anilines is 2. The fourth-order valence-corrected chi connectivity index (χ4v) is 2.81. The lowest BCUT2D eigenvalue weighted by atomic mass is 10.1. The predicted octanol–water partition coefficient (Wildman–Crippen LogP) is 0.0942. The minimum Gasteiger partial charge on any atom is -0.367 e. The van der Waals surface area contributed by atoms with Crippen LogP contribution in [0.3, 0.4) is 0 Å². The molecule has 2 saturated heterocycles. The van der Waals surface area contributed by atoms with Gasteiger partial charge in [0.2, 0.25) is 0 Å². The van der Waals surface area contributed by atoms with Crippen LogP contribution < -0.4 is 21.5 Å². The lowest BCUT2D eigenvalue weighted by molar-refractivity contribution is -0.384. The molecule has 0 radical (unpaired) electrons. The first-order chi connectivity index (χ1) is 10.1. The molecule has 1 aromatic carbocycles. The summed E-state index contributed by atoms with van der Waals surface area (Å²) in [4.78, 5) is 26.0. The van der Waals surface area contributed by atoms with Crippen LogP contribution in [0.4, 0.5) is 21.9 Å². The number of carbonyl (C=O) groups is 1. The van der Waals surface area contributed by atoms with Gasteiger partial charge in [0.25, 0.3) is 5.69 Å². The van der Waals surface area contributed by atoms with Crippen LogP contribution in [0, 0.1) is 10.1 Å². The molecule has 2 aliphatic heterocycles. The van der Waals surface area contributed by atoms with E-state index >= 15 is 0 Å². The smallest absolute Gasteiger partial charge is 0.317 e. The van der Waals surface area contributed by atoms with E-state index in [1.165, 1.54) is 12.1 Å². The van der Waals surface area contributed by atoms with Gasteiger partial charge in [-0.1, -0.05) is 0 Å². The van der Waals surface area contributed by atoms with Gasteiger partial charge in [-0.2, -0.15) is 0 Å². The highest BCUT2D eigenvalue weighted by Crippen LogP contribution is 2.28. The third kappa shape index (κ3) is 2.42. The van der Waals surface area contributed by atoms with Gasteiger partial charge in [-0.05, 0) is 6.07 Å². The number of urea groups is 1. The number of hydrogen-bond acceptors (Lipinski definition) is 6. The van der Waals surface area contributed by atoms with Gasteiger partial charge in [-0.15, -0.1) is 0 Å². The summed E-state index contributed by atoms with van der Waals surface area (Å²) in [7, 11) is 0. The molecule has 2 heterocycles. The van der Waals surface area contributed by atoms with Crippen LogP contribution in [0.1, 0.15) is 0 Å². The molecule has 1 aromatic rings. The Morgan fingerprint density at radius 2 is 2.19 bits per heavy atom. The summed E-state index contributed by atoms with van der Waals surface area (Å²) in [5.41, 5.74) is 3.66. The van der Waals surface area contributed by atoms with Crippen molar-refractivity contribution >= 4 is 23.1 Å². The Bertz CT molecular complexity index is 592. The van der Waals surface area contributed by atoms with Crippen molar-refractivity contribution in [2.45, 2.75) is 6.04 Å². The number of amides is 2. The molecule has 0 bridgehead atoms. The number of nitro benzene ring substituents is 1. The lowest BCUT2D eigenvalue weighted by Gasteiger charge is -2.37. The first-order valence-corrected chi connectivity index (χ1v) is 6.64. The third-order valence-electron chi connectivity index (χ3n) is 3.88. The molecular formula is C12H16N6O3. The van der Waals surface area contributed by atoms with Gasteiger partial charge in [0, 0.05) is 44.0 Å². The average Bonchev–Trinajstić information content (AvgIpc) is 2.87. The number of benzene rings is 1. The van der Waals surface area contributed by atoms with E-state index < -0.39 is 4.92 Å². The number of nitrogens with one attached hydrogen (secondary N) is 2. The summed E-state index contributed by atoms with van der Waals surface area (Å²) in [5.74, 6) is 5.37. The Hall–Kier alpha value is -2.55. The van der Waals surface area contributed by atoms with Crippen LogP contribution in [0.25, 0.3) is 0 Å². The van der Waals surface area contributed by atoms with E-state index in [4.69, 9.17) is 5.84 Å². The molecule has 1 atom stereocenters. The van der Waals surface area contributed by atoms with Crippen molar-refractivity contribution in [1.82, 2.24) is 10.2 Å². The molecule has 0 aliphatic carbocycles. The van der Waals surface area contributed by atoms with Crippen LogP contribution in [-0.4, -0.2) is 48.1 Å². The number of hydrazine groups is 1. The summed E-state index contributed by atoms with van der Waals surface area (Å²) in [6.45, 7) is 2.48. The summed E-state index contributed by atoms with van der Waals surface area (Å²) in [5, 5.41) is 13.8. The quantitative estimate of drug-likeness (QED) is 0.413. The topological polar surface area (TPSA) is 117 Å². The SMILES string of the molecule is NNc1cc(N2CCN3C(=O)NCC3C2)cc([N+](=O)[O-])c1. The summed E-state index contributed by atoms with van der Waals surface area (Å²) >= 11 is 0. The fraction of sp³-hybridized carbons (Fsp3) is 0.417. The highest BCUT2D eigenvalue weighted by Gasteiger charge is 2.35. The van der Waals surface area contributed by atoms with E-state index in [9.17, 15) is 14.9 Å². The minimum absolute atomic E-state index is 0.0106. The highest BCUT2D eigenvalue weighted by molar-refractivity contribution is 5.77. The first kappa shape index (κ1) is 13.4. The van der Waals surface area contributed by atoms with Crippen molar-refractivity contribution in [3.8, 4) is 0 Å². The average molecular weight is 292 g/mol. The second-order valence-corrected chi connectivity index (χ2v) is 5.12. The van der Waals surface area contributed by atoms with Crippen LogP contribution in [0.15, 0.2) is 18.2 Å². The van der Waals surface area contributed by atoms with E-state index in [1.807, 2.05) is 4.90 Å². The molecule has 9 nitrogen and oxygen atoms in total. The molecule has 3 rings (SSSR count). The number of nitrogens with zero attached hydrogens (tertiary/aromatic N) is 3. The zero-order valence-electron chi connectivity index (χ0n) is 11.3. The van der Waals surface area contributed by atoms with Gasteiger partial charge in [0.1, 0.15) is 0 Å². The zero-order valence-corrected chi connectivity index (χ0v) is 11.3. The van der Waals surface area contributed by atoms with Crippen LogP contribution in [0.5, 0.6) is 0 Å². The monoisotopic (exact) mass is 292 g/mol. The predicted molar refractivity (Wildman–Crippen MR) is 77.0 cm³/mol. The first-order valence-electron chi connectivity index (χ1n) is 6.64. The standard InChI is InChI=1S/C12H16N6O3/c13-15-8-3-9(5-10(4-8)18(20)21)16-1-2-17-11(7-16)6-14-12(17)19/h3-5,11,15H,1-2,6-7,13H2,(H,14,19). The number of hydrogen-bond donors (Lipinski definition) is 3. The summed E-state index contributed by atoms with van der Waals surface area (Å²) in [6, 6.07) is 4.75. The van der Waals surface area contributed by atoms with Crippen LogP contribution >= 0.6 is 0 Å². The van der Waals surface area contributed by atoms with E-state index in [2.05, 4.69) is 10.7 Å². The van der Waals surface area contributed by atoms with E-state index in [-0.39, 0.29) is 17.8 Å². The van der Waals surface area contributed by atoms with E-state index in [0.29, 0.717) is 31.9 Å². The molecule has 21 heavy (non-hydrogen) atoms. The van der Waals surface area contributed by atoms with Gasteiger partial charge in [-0.3, -0.25) is 16.0 Å². The molecule has 9 heteroatoms. The maximum absolute atomic E-state index is 11.6. The number of rotatable bonds is 3. The number of non-ortho nitro benzene ring substituents is 1. The van der Waals surface area contributed by atoms with Gasteiger partial charge in [0.15, 0.2) is 0 Å². The summed E-state index contributed by atoms with van der Waals surface area (Å²) < 4.78 is 0. The molecule has 2 aliphatic rings. The number of carbonyl (C=O) groups excluding carboxylic acids is 1. The molecule has 1 unspecified atom stereocenters. The fourth-order valence-electron chi connectivity index (χ4n) is 2.81. The molecule has 0 saturated carbocycles. The Kier molecular flexibility index (Phi) is 3.26. The Morgan fingerprint density at radius 3 is 2.90 bits per heavy atom. The normalized spacial score (nSPS) is 21.0. The van der Waals surface area contributed by atoms with E-state index in [1.54, 1.807) is 11.0 Å². The van der Waals surface area contributed by atoms with Crippen molar-refractivity contribution in [1.29, 1.82) is 0 Å². The van der Waals surface area contributed by atoms with Crippen LogP contribution in [0.2, 0.25) is 0 Å². The molecule has 0 aromatic heterocycles. The number of nitro groups is 1. The molecule has 0 spiro atoms. The van der Waals surface area contributed by atoms with Gasteiger partial charge >= 0.3 is 6.03 Å². The molecule has 2 amide bonds. The van der Waals surface area contributed by atoms with Crippen molar-refractivity contribution in [2.24, 2.45) is 5.84 Å². The molecular weight excluding hydrogens is 276 g/mol. The largest absolute Gasteiger partial charge is 0.367 e. The van der Waals surface area contributed by atoms with Crippen molar-refractivity contribution in [3.05, 3.63) is 28.3 Å². The molecule has 2 fully saturated rings. The number of piperazine rings is 1. The second kappa shape index (κ2) is 5.09. The van der Waals surface area contributed by atoms with Gasteiger partial charge in [0.05, 0.1) is 16.7 Å². The maximum atomic E-state index is 11.6. The number of nitrogens with two attached hydrogens (primary N) is 1. The molecule has 4 N–H and O–H groups in total. The van der Waals surface area contributed by atoms with Crippen molar-refractivity contribution < 1.29 is 9.72 Å². The van der Waals surface area contributed by atoms with Gasteiger partial charge in [-0.25, -0.2) is 4.79 Å². The van der Waals surface area contributed by atoms with E-state index in [0.717, 1.165) is 5.69 Å². The Morgan fingerprint density at radius 1 is 1.38 bits per heavy atom. The van der Waals surface area contributed by atoms with Gasteiger partial charge < -0.3 is 20.5 Å². The minimum atomic E-state index is -0.443. The highest BCUT2D eigenvalue weighted by atomic mass is 16.6. The Balaban J connectivity index is 1.85. The second-order valence-electron chi connectivity index (χ2n) is 5.12. The third-order valence-corrected chi connectivity index (χ3v) is 3.88. The number of fused-ring (bicyclic) bond motifs is 1. The Labute approximate surface area is 120 Å². The van der Waals surface area contributed by atoms with Crippen molar-refractivity contribution in [2.75, 3.05) is 36.5 Å². The number of nitrogen functional groups attached to an aromatic ring is 1.